The van der Waals surface area contributed by atoms with E-state index >= 15 is 0 Å². The summed E-state index contributed by atoms with van der Waals surface area (Å²) < 4.78 is 39.8. The van der Waals surface area contributed by atoms with Crippen molar-refractivity contribution < 1.29 is 12.8 Å². The van der Waals surface area contributed by atoms with Crippen LogP contribution in [0.5, 0.6) is 0 Å². The molecule has 0 saturated carbocycles. The third-order valence-electron chi connectivity index (χ3n) is 2.62. The highest BCUT2D eigenvalue weighted by Gasteiger charge is 2.16. The standard InChI is InChI=1S/C13H10ClFN2O2S2/c14-11-6-3-9(15)7-12(11)17-21(18,19)10-4-1-8(2-5-10)13(16)20/h1-7,17H,(H2,16,20). The van der Waals surface area contributed by atoms with E-state index in [9.17, 15) is 12.8 Å². The Hall–Kier alpha value is -1.70. The van der Waals surface area contributed by atoms with E-state index in [1.165, 1.54) is 30.3 Å². The van der Waals surface area contributed by atoms with Gasteiger partial charge in [0.25, 0.3) is 10.0 Å². The van der Waals surface area contributed by atoms with Crippen LogP contribution >= 0.6 is 23.8 Å². The van der Waals surface area contributed by atoms with Gasteiger partial charge in [-0.2, -0.15) is 0 Å². The minimum atomic E-state index is -3.88. The van der Waals surface area contributed by atoms with Gasteiger partial charge in [0.05, 0.1) is 15.6 Å². The normalized spacial score (nSPS) is 11.1. The lowest BCUT2D eigenvalue weighted by Gasteiger charge is -2.10. The van der Waals surface area contributed by atoms with Gasteiger partial charge in [-0.15, -0.1) is 0 Å². The molecule has 4 nitrogen and oxygen atoms in total. The Labute approximate surface area is 131 Å². The summed E-state index contributed by atoms with van der Waals surface area (Å²) in [5.74, 6) is -0.596. The van der Waals surface area contributed by atoms with Crippen LogP contribution in [0.3, 0.4) is 0 Å². The van der Waals surface area contributed by atoms with E-state index in [0.717, 1.165) is 12.1 Å². The molecule has 0 amide bonds. The predicted octanol–water partition coefficient (Wildman–Crippen LogP) is 2.91. The fourth-order valence-corrected chi connectivity index (χ4v) is 3.01. The summed E-state index contributed by atoms with van der Waals surface area (Å²) in [7, 11) is -3.88. The van der Waals surface area contributed by atoms with Crippen LogP contribution < -0.4 is 10.5 Å². The third kappa shape index (κ3) is 3.69. The van der Waals surface area contributed by atoms with Gasteiger partial charge in [-0.25, -0.2) is 12.8 Å². The molecule has 0 aliphatic carbocycles. The van der Waals surface area contributed by atoms with Gasteiger partial charge in [0.2, 0.25) is 0 Å². The number of nitrogens with one attached hydrogen (secondary N) is 1. The zero-order valence-corrected chi connectivity index (χ0v) is 12.9. The number of halogens is 2. The van der Waals surface area contributed by atoms with Crippen LogP contribution in [0.25, 0.3) is 0 Å². The van der Waals surface area contributed by atoms with E-state index in [1.807, 2.05) is 0 Å². The number of thiocarbonyl (C=S) groups is 1. The Morgan fingerprint density at radius 3 is 2.38 bits per heavy atom. The van der Waals surface area contributed by atoms with E-state index in [2.05, 4.69) is 4.72 Å². The van der Waals surface area contributed by atoms with E-state index in [0.29, 0.717) is 5.56 Å². The van der Waals surface area contributed by atoms with Crippen molar-refractivity contribution >= 4 is 44.5 Å². The summed E-state index contributed by atoms with van der Waals surface area (Å²) in [5.41, 5.74) is 5.96. The van der Waals surface area contributed by atoms with Crippen LogP contribution in [0.15, 0.2) is 47.4 Å². The van der Waals surface area contributed by atoms with Crippen LogP contribution in [0.4, 0.5) is 10.1 Å². The predicted molar refractivity (Wildman–Crippen MR) is 84.5 cm³/mol. The number of hydrogen-bond acceptors (Lipinski definition) is 3. The number of benzene rings is 2. The van der Waals surface area contributed by atoms with Crippen LogP contribution in [-0.4, -0.2) is 13.4 Å². The van der Waals surface area contributed by atoms with Gasteiger partial charge in [0.15, 0.2) is 0 Å². The largest absolute Gasteiger partial charge is 0.389 e. The molecule has 110 valence electrons. The summed E-state index contributed by atoms with van der Waals surface area (Å²) in [6, 6.07) is 9.09. The molecule has 0 heterocycles. The molecule has 0 aromatic heterocycles. The van der Waals surface area contributed by atoms with Gasteiger partial charge in [-0.1, -0.05) is 36.0 Å². The lowest BCUT2D eigenvalue weighted by molar-refractivity contribution is 0.601. The summed E-state index contributed by atoms with van der Waals surface area (Å²) in [6.45, 7) is 0. The maximum Gasteiger partial charge on any atom is 0.261 e. The second-order valence-electron chi connectivity index (χ2n) is 4.12. The van der Waals surface area contributed by atoms with Crippen LogP contribution in [-0.2, 0) is 10.0 Å². The second kappa shape index (κ2) is 5.97. The van der Waals surface area contributed by atoms with Crippen molar-refractivity contribution in [3.8, 4) is 0 Å². The molecular weight excluding hydrogens is 335 g/mol. The first-order valence-electron chi connectivity index (χ1n) is 5.67. The smallest absolute Gasteiger partial charge is 0.261 e. The van der Waals surface area contributed by atoms with Gasteiger partial charge < -0.3 is 5.73 Å². The topological polar surface area (TPSA) is 72.2 Å². The number of rotatable bonds is 4. The maximum atomic E-state index is 13.1. The average Bonchev–Trinajstić information content (AvgIpc) is 2.43. The van der Waals surface area contributed by atoms with Crippen molar-refractivity contribution in [1.29, 1.82) is 0 Å². The minimum Gasteiger partial charge on any atom is -0.389 e. The highest BCUT2D eigenvalue weighted by molar-refractivity contribution is 7.92. The van der Waals surface area contributed by atoms with Crippen LogP contribution in [0, 0.1) is 5.82 Å². The summed E-state index contributed by atoms with van der Waals surface area (Å²) in [4.78, 5) is 0.155. The van der Waals surface area contributed by atoms with E-state index in [1.54, 1.807) is 0 Å². The van der Waals surface area contributed by atoms with Gasteiger partial charge in [-0.05, 0) is 30.3 Å². The molecule has 0 saturated heterocycles. The first-order chi connectivity index (χ1) is 9.79. The second-order valence-corrected chi connectivity index (χ2v) is 6.65. The molecule has 21 heavy (non-hydrogen) atoms. The van der Waals surface area contributed by atoms with Gasteiger partial charge in [0, 0.05) is 5.56 Å². The molecule has 0 unspecified atom stereocenters. The third-order valence-corrected chi connectivity index (χ3v) is 4.57. The van der Waals surface area contributed by atoms with Crippen molar-refractivity contribution in [2.24, 2.45) is 5.73 Å². The van der Waals surface area contributed by atoms with Crippen molar-refractivity contribution in [1.82, 2.24) is 0 Å². The Kier molecular flexibility index (Phi) is 4.46. The van der Waals surface area contributed by atoms with Gasteiger partial charge in [0.1, 0.15) is 10.8 Å². The van der Waals surface area contributed by atoms with E-state index in [4.69, 9.17) is 29.6 Å². The molecule has 2 aromatic rings. The first-order valence-corrected chi connectivity index (χ1v) is 7.94. The summed E-state index contributed by atoms with van der Waals surface area (Å²) in [5, 5.41) is 0.0970. The Bertz CT molecular complexity index is 792. The summed E-state index contributed by atoms with van der Waals surface area (Å²) in [6.07, 6.45) is 0. The highest BCUT2D eigenvalue weighted by atomic mass is 35.5. The van der Waals surface area contributed by atoms with Crippen molar-refractivity contribution in [3.63, 3.8) is 0 Å². The molecule has 0 radical (unpaired) electrons. The van der Waals surface area contributed by atoms with Crippen LogP contribution in [0.1, 0.15) is 5.56 Å². The number of anilines is 1. The molecule has 0 spiro atoms. The lowest BCUT2D eigenvalue weighted by Crippen LogP contribution is -2.14. The van der Waals surface area contributed by atoms with Gasteiger partial charge in [-0.3, -0.25) is 4.72 Å². The quantitative estimate of drug-likeness (QED) is 0.836. The highest BCUT2D eigenvalue weighted by Crippen LogP contribution is 2.25. The molecule has 3 N–H and O–H groups in total. The zero-order valence-electron chi connectivity index (χ0n) is 10.5. The molecule has 8 heteroatoms. The maximum absolute atomic E-state index is 13.1. The van der Waals surface area contributed by atoms with E-state index in [-0.39, 0.29) is 20.6 Å². The molecule has 0 bridgehead atoms. The SMILES string of the molecule is NC(=S)c1ccc(S(=O)(=O)Nc2cc(F)ccc2Cl)cc1. The van der Waals surface area contributed by atoms with Gasteiger partial charge >= 0.3 is 0 Å². The molecule has 0 aliphatic rings. The fraction of sp³-hybridized carbons (Fsp3) is 0. The van der Waals surface area contributed by atoms with E-state index < -0.39 is 15.8 Å². The monoisotopic (exact) mass is 344 g/mol. The number of hydrogen-bond donors (Lipinski definition) is 2. The van der Waals surface area contributed by atoms with Crippen molar-refractivity contribution in [2.45, 2.75) is 4.90 Å². The Morgan fingerprint density at radius 2 is 1.81 bits per heavy atom. The molecular formula is C13H10ClFN2O2S2. The Morgan fingerprint density at radius 1 is 1.19 bits per heavy atom. The summed E-state index contributed by atoms with van der Waals surface area (Å²) >= 11 is 10.6. The Balaban J connectivity index is 2.34. The zero-order chi connectivity index (χ0) is 15.6. The first kappa shape index (κ1) is 15.7. The average molecular weight is 345 g/mol. The molecule has 0 fully saturated rings. The number of nitrogens with two attached hydrogens (primary N) is 1. The lowest BCUT2D eigenvalue weighted by atomic mass is 10.2. The van der Waals surface area contributed by atoms with Crippen molar-refractivity contribution in [2.75, 3.05) is 4.72 Å². The molecule has 0 atom stereocenters. The minimum absolute atomic E-state index is 0.0113. The molecule has 2 aromatic carbocycles. The molecule has 2 rings (SSSR count). The van der Waals surface area contributed by atoms with Crippen LogP contribution in [0.2, 0.25) is 5.02 Å². The van der Waals surface area contributed by atoms with Crippen molar-refractivity contribution in [3.05, 3.63) is 58.9 Å². The fourth-order valence-electron chi connectivity index (χ4n) is 1.58. The number of sulfonamides is 1. The molecule has 0 aliphatic heterocycles.